The first-order chi connectivity index (χ1) is 22.2. The second-order valence-corrected chi connectivity index (χ2v) is 12.7. The van der Waals surface area contributed by atoms with Gasteiger partial charge in [-0.3, -0.25) is 4.79 Å². The van der Waals surface area contributed by atoms with E-state index in [0.717, 1.165) is 18.2 Å². The number of amides is 1. The molecule has 0 spiro atoms. The van der Waals surface area contributed by atoms with E-state index < -0.39 is 65.1 Å². The van der Waals surface area contributed by atoms with Crippen molar-refractivity contribution in [1.82, 2.24) is 5.32 Å². The standard InChI is InChI=1S/C31H29F6N3O6S/c1-2-47(42,43)25-10-3-19(4-11-25)27(13-14-38)39-29(41)20-5-12-28(26(32)15-20)40-17-24(16-21(40)18-44-30(33)34)45-22-6-8-23(9-7-22)46-31(35,36)37/h3-12,15,21,24,27,30H,2,13,16-18H2,1H3,(H,39,41)/t21-,24-,27-/m0/s1. The van der Waals surface area contributed by atoms with Crippen molar-refractivity contribution < 1.29 is 53.8 Å². The molecule has 1 aliphatic heterocycles. The molecule has 47 heavy (non-hydrogen) atoms. The van der Waals surface area contributed by atoms with Crippen LogP contribution in [0.2, 0.25) is 0 Å². The Balaban J connectivity index is 1.48. The maximum atomic E-state index is 15.5. The molecule has 0 unspecified atom stereocenters. The summed E-state index contributed by atoms with van der Waals surface area (Å²) < 4.78 is 117. The molecule has 0 radical (unpaired) electrons. The molecule has 0 saturated carbocycles. The van der Waals surface area contributed by atoms with E-state index in [4.69, 9.17) is 4.74 Å². The Morgan fingerprint density at radius 1 is 1.06 bits per heavy atom. The van der Waals surface area contributed by atoms with Gasteiger partial charge in [-0.2, -0.15) is 14.0 Å². The number of anilines is 1. The maximum Gasteiger partial charge on any atom is 0.573 e. The van der Waals surface area contributed by atoms with Crippen molar-refractivity contribution in [2.75, 3.05) is 23.8 Å². The number of nitrogens with one attached hydrogen (secondary N) is 1. The van der Waals surface area contributed by atoms with Crippen LogP contribution in [0.1, 0.15) is 41.7 Å². The quantitative estimate of drug-likeness (QED) is 0.213. The largest absolute Gasteiger partial charge is 0.573 e. The monoisotopic (exact) mass is 685 g/mol. The van der Waals surface area contributed by atoms with Crippen molar-refractivity contribution >= 4 is 21.4 Å². The first kappa shape index (κ1) is 35.4. The predicted octanol–water partition coefficient (Wildman–Crippen LogP) is 6.17. The van der Waals surface area contributed by atoms with Gasteiger partial charge in [0.2, 0.25) is 0 Å². The van der Waals surface area contributed by atoms with Crippen LogP contribution < -0.4 is 19.7 Å². The maximum absolute atomic E-state index is 15.5. The van der Waals surface area contributed by atoms with Crippen molar-refractivity contribution in [3.05, 3.63) is 83.7 Å². The Labute approximate surface area is 266 Å². The topological polar surface area (TPSA) is 118 Å². The summed E-state index contributed by atoms with van der Waals surface area (Å²) in [6, 6.07) is 14.2. The highest BCUT2D eigenvalue weighted by Crippen LogP contribution is 2.33. The molecular formula is C31H29F6N3O6S. The molecule has 1 aliphatic rings. The molecule has 1 amide bonds. The van der Waals surface area contributed by atoms with Gasteiger partial charge in [-0.1, -0.05) is 19.1 Å². The van der Waals surface area contributed by atoms with Crippen LogP contribution in [0, 0.1) is 17.1 Å². The number of nitriles is 1. The summed E-state index contributed by atoms with van der Waals surface area (Å²) in [5.74, 6) is -1.98. The lowest BCUT2D eigenvalue weighted by atomic mass is 10.0. The molecule has 3 atom stereocenters. The van der Waals surface area contributed by atoms with Gasteiger partial charge in [0.05, 0.1) is 54.1 Å². The Bertz CT molecular complexity index is 1680. The fraction of sp³-hybridized carbons (Fsp3) is 0.355. The summed E-state index contributed by atoms with van der Waals surface area (Å²) in [5.41, 5.74) is 0.318. The first-order valence-electron chi connectivity index (χ1n) is 14.2. The predicted molar refractivity (Wildman–Crippen MR) is 156 cm³/mol. The number of hydrogen-bond donors (Lipinski definition) is 1. The summed E-state index contributed by atoms with van der Waals surface area (Å²) in [4.78, 5) is 14.6. The second kappa shape index (κ2) is 14.9. The summed E-state index contributed by atoms with van der Waals surface area (Å²) in [6.07, 6.45) is -5.63. The molecule has 1 saturated heterocycles. The van der Waals surface area contributed by atoms with Gasteiger partial charge < -0.3 is 24.4 Å². The Morgan fingerprint density at radius 3 is 2.30 bits per heavy atom. The molecule has 1 heterocycles. The molecule has 9 nitrogen and oxygen atoms in total. The van der Waals surface area contributed by atoms with Crippen molar-refractivity contribution in [3.8, 4) is 17.6 Å². The number of carbonyl (C=O) groups is 1. The lowest BCUT2D eigenvalue weighted by Gasteiger charge is -2.27. The lowest BCUT2D eigenvalue weighted by molar-refractivity contribution is -0.274. The van der Waals surface area contributed by atoms with E-state index in [0.29, 0.717) is 5.56 Å². The number of ether oxygens (including phenoxy) is 3. The lowest BCUT2D eigenvalue weighted by Crippen LogP contribution is -2.35. The average molecular weight is 686 g/mol. The second-order valence-electron chi connectivity index (χ2n) is 10.4. The number of sulfone groups is 1. The van der Waals surface area contributed by atoms with Gasteiger partial charge in [0.25, 0.3) is 5.91 Å². The zero-order valence-corrected chi connectivity index (χ0v) is 25.5. The molecule has 16 heteroatoms. The summed E-state index contributed by atoms with van der Waals surface area (Å²) in [7, 11) is -3.46. The van der Waals surface area contributed by atoms with Crippen molar-refractivity contribution in [1.29, 1.82) is 5.26 Å². The van der Waals surface area contributed by atoms with Gasteiger partial charge in [-0.25, -0.2) is 12.8 Å². The molecule has 3 aromatic carbocycles. The summed E-state index contributed by atoms with van der Waals surface area (Å²) >= 11 is 0. The Kier molecular flexibility index (Phi) is 11.2. The fourth-order valence-corrected chi connectivity index (χ4v) is 5.93. The highest BCUT2D eigenvalue weighted by molar-refractivity contribution is 7.91. The van der Waals surface area contributed by atoms with E-state index >= 15 is 4.39 Å². The third kappa shape index (κ3) is 9.52. The summed E-state index contributed by atoms with van der Waals surface area (Å²) in [6.45, 7) is -2.09. The van der Waals surface area contributed by atoms with E-state index in [1.165, 1.54) is 60.4 Å². The number of carbonyl (C=O) groups excluding carboxylic acids is 1. The molecule has 0 aromatic heterocycles. The van der Waals surface area contributed by atoms with Crippen molar-refractivity contribution in [3.63, 3.8) is 0 Å². The van der Waals surface area contributed by atoms with Gasteiger partial charge in [-0.05, 0) is 60.2 Å². The highest BCUT2D eigenvalue weighted by Gasteiger charge is 2.36. The van der Waals surface area contributed by atoms with E-state index in [1.807, 2.05) is 6.07 Å². The number of halogens is 6. The third-order valence-corrected chi connectivity index (χ3v) is 9.04. The Morgan fingerprint density at radius 2 is 1.72 bits per heavy atom. The normalized spacial score (nSPS) is 17.3. The minimum absolute atomic E-state index is 0.00544. The third-order valence-electron chi connectivity index (χ3n) is 7.29. The van der Waals surface area contributed by atoms with Crippen molar-refractivity contribution in [2.24, 2.45) is 0 Å². The van der Waals surface area contributed by atoms with Gasteiger partial charge in [0.1, 0.15) is 23.4 Å². The van der Waals surface area contributed by atoms with Gasteiger partial charge in [-0.15, -0.1) is 13.2 Å². The molecule has 1 N–H and O–H groups in total. The van der Waals surface area contributed by atoms with Gasteiger partial charge >= 0.3 is 13.0 Å². The first-order valence-corrected chi connectivity index (χ1v) is 15.8. The molecule has 1 fully saturated rings. The number of rotatable bonds is 13. The van der Waals surface area contributed by atoms with Crippen LogP contribution in [0.5, 0.6) is 11.5 Å². The molecule has 252 valence electrons. The van der Waals surface area contributed by atoms with Crippen LogP contribution in [0.25, 0.3) is 0 Å². The van der Waals surface area contributed by atoms with E-state index in [1.54, 1.807) is 0 Å². The van der Waals surface area contributed by atoms with E-state index in [2.05, 4.69) is 14.8 Å². The van der Waals surface area contributed by atoms with Crippen LogP contribution in [0.3, 0.4) is 0 Å². The highest BCUT2D eigenvalue weighted by atomic mass is 32.2. The van der Waals surface area contributed by atoms with Crippen LogP contribution in [0.4, 0.5) is 32.0 Å². The number of benzene rings is 3. The molecule has 3 aromatic rings. The minimum Gasteiger partial charge on any atom is -0.489 e. The van der Waals surface area contributed by atoms with Gasteiger partial charge in [0, 0.05) is 12.0 Å². The van der Waals surface area contributed by atoms with E-state index in [-0.39, 0.29) is 47.0 Å². The smallest absolute Gasteiger partial charge is 0.489 e. The van der Waals surface area contributed by atoms with E-state index in [9.17, 15) is 40.4 Å². The van der Waals surface area contributed by atoms with Crippen LogP contribution in [0.15, 0.2) is 71.6 Å². The van der Waals surface area contributed by atoms with Crippen LogP contribution in [-0.2, 0) is 14.6 Å². The van der Waals surface area contributed by atoms with Crippen LogP contribution in [-0.4, -0.2) is 58.3 Å². The summed E-state index contributed by atoms with van der Waals surface area (Å²) in [5, 5.41) is 11.9. The SMILES string of the molecule is CCS(=O)(=O)c1ccc([C@H](CC#N)NC(=O)c2ccc(N3C[C@@H](Oc4ccc(OC(F)(F)F)cc4)C[C@H]3COC(F)F)c(F)c2)cc1. The van der Waals surface area contributed by atoms with Gasteiger partial charge in [0.15, 0.2) is 9.84 Å². The molecular weight excluding hydrogens is 656 g/mol. The van der Waals surface area contributed by atoms with Crippen molar-refractivity contribution in [2.45, 2.75) is 55.8 Å². The zero-order valence-electron chi connectivity index (χ0n) is 24.7. The molecule has 4 rings (SSSR count). The zero-order chi connectivity index (χ0) is 34.4. The Hall–Kier alpha value is -4.49. The number of nitrogens with zero attached hydrogens (tertiary/aromatic N) is 2. The van der Waals surface area contributed by atoms with Crippen LogP contribution >= 0.6 is 0 Å². The fourth-order valence-electron chi connectivity index (χ4n) is 5.05. The minimum atomic E-state index is -4.88. The number of hydrogen-bond acceptors (Lipinski definition) is 8. The molecule has 0 aliphatic carbocycles. The number of alkyl halides is 5. The average Bonchev–Trinajstić information content (AvgIpc) is 3.42. The molecule has 0 bridgehead atoms.